The van der Waals surface area contributed by atoms with Crippen molar-refractivity contribution in [1.29, 1.82) is 0 Å². The first kappa shape index (κ1) is 17.7. The Bertz CT molecular complexity index is 882. The molecular formula is C21H20O5. The average Bonchev–Trinajstić information content (AvgIpc) is 2.92. The summed E-state index contributed by atoms with van der Waals surface area (Å²) in [7, 11) is 0. The Labute approximate surface area is 152 Å². The van der Waals surface area contributed by atoms with Crippen molar-refractivity contribution in [1.82, 2.24) is 0 Å². The molecule has 0 bridgehead atoms. The van der Waals surface area contributed by atoms with Crippen molar-refractivity contribution >= 4 is 17.8 Å². The van der Waals surface area contributed by atoms with E-state index < -0.39 is 12.1 Å². The van der Waals surface area contributed by atoms with Gasteiger partial charge in [-0.2, -0.15) is 0 Å². The number of hydrogen-bond acceptors (Lipinski definition) is 5. The van der Waals surface area contributed by atoms with Gasteiger partial charge in [-0.05, 0) is 50.1 Å². The summed E-state index contributed by atoms with van der Waals surface area (Å²) in [6.07, 6.45) is 0.992. The molecule has 1 aliphatic heterocycles. The quantitative estimate of drug-likeness (QED) is 0.602. The first-order valence-electron chi connectivity index (χ1n) is 8.46. The summed E-state index contributed by atoms with van der Waals surface area (Å²) >= 11 is 0. The van der Waals surface area contributed by atoms with Crippen LogP contribution in [0.4, 0.5) is 0 Å². The van der Waals surface area contributed by atoms with Crippen LogP contribution in [-0.4, -0.2) is 24.5 Å². The molecule has 1 aliphatic rings. The fourth-order valence-electron chi connectivity index (χ4n) is 2.64. The van der Waals surface area contributed by atoms with Crippen molar-refractivity contribution in [2.45, 2.75) is 26.9 Å². The summed E-state index contributed by atoms with van der Waals surface area (Å²) in [5, 5.41) is 0. The first-order chi connectivity index (χ1) is 12.5. The van der Waals surface area contributed by atoms with Gasteiger partial charge in [-0.1, -0.05) is 24.3 Å². The number of allylic oxidation sites excluding steroid dienone is 1. The molecule has 0 unspecified atom stereocenters. The molecule has 0 aromatic heterocycles. The summed E-state index contributed by atoms with van der Waals surface area (Å²) in [5.74, 6) is 0.515. The van der Waals surface area contributed by atoms with E-state index in [1.54, 1.807) is 38.1 Å². The number of hydrogen-bond donors (Lipinski definition) is 0. The molecular weight excluding hydrogens is 332 g/mol. The third kappa shape index (κ3) is 3.61. The summed E-state index contributed by atoms with van der Waals surface area (Å²) in [4.78, 5) is 24.2. The molecule has 0 fully saturated rings. The van der Waals surface area contributed by atoms with E-state index in [-0.39, 0.29) is 11.5 Å². The third-order valence-electron chi connectivity index (χ3n) is 4.05. The number of carbonyl (C=O) groups excluding carboxylic acids is 2. The Hall–Kier alpha value is -3.08. The second kappa shape index (κ2) is 7.44. The van der Waals surface area contributed by atoms with Crippen molar-refractivity contribution in [2.24, 2.45) is 0 Å². The van der Waals surface area contributed by atoms with Crippen LogP contribution in [0.25, 0.3) is 6.08 Å². The monoisotopic (exact) mass is 352 g/mol. The van der Waals surface area contributed by atoms with E-state index in [2.05, 4.69) is 0 Å². The van der Waals surface area contributed by atoms with Crippen LogP contribution in [-0.2, 0) is 9.53 Å². The number of aryl methyl sites for hydroxylation is 1. The van der Waals surface area contributed by atoms with E-state index in [4.69, 9.17) is 14.2 Å². The number of benzene rings is 2. The minimum atomic E-state index is -0.743. The summed E-state index contributed by atoms with van der Waals surface area (Å²) in [5.41, 5.74) is 2.46. The lowest BCUT2D eigenvalue weighted by atomic mass is 10.1. The fraction of sp³-hybridized carbons (Fsp3) is 0.238. The van der Waals surface area contributed by atoms with E-state index >= 15 is 0 Å². The lowest BCUT2D eigenvalue weighted by molar-refractivity contribution is -0.150. The predicted molar refractivity (Wildman–Crippen MR) is 97.3 cm³/mol. The molecule has 5 nitrogen and oxygen atoms in total. The van der Waals surface area contributed by atoms with E-state index in [9.17, 15) is 9.59 Å². The Balaban J connectivity index is 1.80. The summed E-state index contributed by atoms with van der Waals surface area (Å²) in [6, 6.07) is 12.7. The van der Waals surface area contributed by atoms with Crippen LogP contribution < -0.4 is 9.47 Å². The molecule has 0 N–H and O–H groups in total. The topological polar surface area (TPSA) is 61.8 Å². The predicted octanol–water partition coefficient (Wildman–Crippen LogP) is 3.94. The zero-order valence-electron chi connectivity index (χ0n) is 14.9. The molecule has 1 heterocycles. The molecule has 0 saturated carbocycles. The molecule has 26 heavy (non-hydrogen) atoms. The Morgan fingerprint density at radius 3 is 2.73 bits per heavy atom. The van der Waals surface area contributed by atoms with Crippen LogP contribution in [0.5, 0.6) is 11.5 Å². The third-order valence-corrected chi connectivity index (χ3v) is 4.05. The van der Waals surface area contributed by atoms with Crippen LogP contribution in [0.1, 0.15) is 35.3 Å². The normalized spacial score (nSPS) is 15.3. The number of esters is 1. The van der Waals surface area contributed by atoms with Crippen molar-refractivity contribution in [3.63, 3.8) is 0 Å². The lowest BCUT2D eigenvalue weighted by Crippen LogP contribution is -2.26. The molecule has 0 amide bonds. The van der Waals surface area contributed by atoms with Gasteiger partial charge < -0.3 is 14.2 Å². The number of fused-ring (bicyclic) bond motifs is 1. The standard InChI is InChI=1S/C21H20O5/c1-4-24-21(23)14(3)25-16-9-10-17-18(12-16)26-19(20(17)22)11-15-8-6-5-7-13(15)2/h5-12,14H,4H2,1-3H3/b19-11+/t14-/m0/s1. The van der Waals surface area contributed by atoms with E-state index in [0.29, 0.717) is 23.7 Å². The first-order valence-corrected chi connectivity index (χ1v) is 8.46. The maximum absolute atomic E-state index is 12.5. The number of ether oxygens (including phenoxy) is 3. The second-order valence-electron chi connectivity index (χ2n) is 5.97. The van der Waals surface area contributed by atoms with Gasteiger partial charge in [0.05, 0.1) is 12.2 Å². The Kier molecular flexibility index (Phi) is 5.07. The van der Waals surface area contributed by atoms with Gasteiger partial charge in [-0.3, -0.25) is 4.79 Å². The fourth-order valence-corrected chi connectivity index (χ4v) is 2.64. The van der Waals surface area contributed by atoms with Gasteiger partial charge in [0, 0.05) is 6.07 Å². The van der Waals surface area contributed by atoms with Crippen molar-refractivity contribution in [3.05, 3.63) is 64.9 Å². The van der Waals surface area contributed by atoms with E-state index in [1.165, 1.54) is 0 Å². The highest BCUT2D eigenvalue weighted by Gasteiger charge is 2.28. The zero-order valence-corrected chi connectivity index (χ0v) is 14.9. The van der Waals surface area contributed by atoms with Crippen molar-refractivity contribution < 1.29 is 23.8 Å². The van der Waals surface area contributed by atoms with Crippen LogP contribution in [0, 0.1) is 6.92 Å². The maximum atomic E-state index is 12.5. The van der Waals surface area contributed by atoms with Gasteiger partial charge >= 0.3 is 5.97 Å². The van der Waals surface area contributed by atoms with Crippen LogP contribution in [0.3, 0.4) is 0 Å². The van der Waals surface area contributed by atoms with Gasteiger partial charge in [-0.25, -0.2) is 4.79 Å². The molecule has 0 aliphatic carbocycles. The molecule has 1 atom stereocenters. The highest BCUT2D eigenvalue weighted by molar-refractivity contribution is 6.14. The van der Waals surface area contributed by atoms with Gasteiger partial charge in [0.25, 0.3) is 0 Å². The molecule has 0 spiro atoms. The molecule has 2 aromatic carbocycles. The van der Waals surface area contributed by atoms with Gasteiger partial charge in [-0.15, -0.1) is 0 Å². The minimum absolute atomic E-state index is 0.173. The number of rotatable bonds is 5. The molecule has 0 radical (unpaired) electrons. The lowest BCUT2D eigenvalue weighted by Gasteiger charge is -2.13. The van der Waals surface area contributed by atoms with Crippen molar-refractivity contribution in [3.8, 4) is 11.5 Å². The molecule has 2 aromatic rings. The van der Waals surface area contributed by atoms with Crippen molar-refractivity contribution in [2.75, 3.05) is 6.61 Å². The number of Topliss-reactive ketones (excluding diaryl/α,β-unsaturated/α-hetero) is 1. The molecule has 0 saturated heterocycles. The smallest absolute Gasteiger partial charge is 0.347 e. The van der Waals surface area contributed by atoms with E-state index in [1.807, 2.05) is 31.2 Å². The van der Waals surface area contributed by atoms with Crippen LogP contribution in [0.2, 0.25) is 0 Å². The second-order valence-corrected chi connectivity index (χ2v) is 5.97. The van der Waals surface area contributed by atoms with Crippen LogP contribution in [0.15, 0.2) is 48.2 Å². The molecule has 5 heteroatoms. The van der Waals surface area contributed by atoms with Gasteiger partial charge in [0.2, 0.25) is 5.78 Å². The highest BCUT2D eigenvalue weighted by atomic mass is 16.6. The van der Waals surface area contributed by atoms with Gasteiger partial charge in [0.15, 0.2) is 11.9 Å². The van der Waals surface area contributed by atoms with Crippen LogP contribution >= 0.6 is 0 Å². The zero-order chi connectivity index (χ0) is 18.7. The number of ketones is 1. The molecule has 3 rings (SSSR count). The molecule has 134 valence electrons. The SMILES string of the molecule is CCOC(=O)[C@H](C)Oc1ccc2c(c1)O/C(=C/c1ccccc1C)C2=O. The van der Waals surface area contributed by atoms with Gasteiger partial charge in [0.1, 0.15) is 11.5 Å². The summed E-state index contributed by atoms with van der Waals surface area (Å²) < 4.78 is 16.2. The minimum Gasteiger partial charge on any atom is -0.479 e. The maximum Gasteiger partial charge on any atom is 0.347 e. The average molecular weight is 352 g/mol. The number of carbonyl (C=O) groups is 2. The largest absolute Gasteiger partial charge is 0.479 e. The summed E-state index contributed by atoms with van der Waals surface area (Å²) in [6.45, 7) is 5.62. The Morgan fingerprint density at radius 1 is 1.23 bits per heavy atom. The van der Waals surface area contributed by atoms with E-state index in [0.717, 1.165) is 11.1 Å². The Morgan fingerprint density at radius 2 is 2.00 bits per heavy atom. The highest BCUT2D eigenvalue weighted by Crippen LogP contribution is 2.35.